The third kappa shape index (κ3) is 3.27. The topological polar surface area (TPSA) is 107 Å². The molecule has 0 saturated carbocycles. The van der Waals surface area contributed by atoms with Crippen LogP contribution in [0.25, 0.3) is 5.52 Å². The highest BCUT2D eigenvalue weighted by atomic mass is 127. The quantitative estimate of drug-likeness (QED) is 0.610. The van der Waals surface area contributed by atoms with Crippen molar-refractivity contribution in [1.29, 1.82) is 0 Å². The first-order chi connectivity index (χ1) is 11.5. The summed E-state index contributed by atoms with van der Waals surface area (Å²) in [4.78, 5) is 32.4. The molecule has 0 radical (unpaired) electrons. The SMILES string of the molecule is CC(C)c1nn(CC(=O)Nc2ccncn2)c(=O)c2cc(I)nn12. The van der Waals surface area contributed by atoms with Gasteiger partial charge in [0.05, 0.1) is 0 Å². The van der Waals surface area contributed by atoms with E-state index in [4.69, 9.17) is 0 Å². The van der Waals surface area contributed by atoms with Gasteiger partial charge < -0.3 is 5.32 Å². The Morgan fingerprint density at radius 3 is 2.83 bits per heavy atom. The molecule has 1 amide bonds. The van der Waals surface area contributed by atoms with E-state index in [1.54, 1.807) is 12.1 Å². The van der Waals surface area contributed by atoms with E-state index < -0.39 is 5.91 Å². The molecule has 3 rings (SSSR count). The molecular weight excluding hydrogens is 425 g/mol. The highest BCUT2D eigenvalue weighted by Gasteiger charge is 2.17. The number of nitrogens with zero attached hydrogens (tertiary/aromatic N) is 6. The Morgan fingerprint density at radius 2 is 2.17 bits per heavy atom. The molecule has 0 saturated heterocycles. The lowest BCUT2D eigenvalue weighted by Crippen LogP contribution is -2.32. The summed E-state index contributed by atoms with van der Waals surface area (Å²) in [5.74, 6) is 0.631. The maximum atomic E-state index is 12.5. The van der Waals surface area contributed by atoms with Crippen molar-refractivity contribution in [2.75, 3.05) is 5.32 Å². The van der Waals surface area contributed by atoms with Crippen molar-refractivity contribution < 1.29 is 4.79 Å². The molecule has 0 atom stereocenters. The third-order valence-corrected chi connectivity index (χ3v) is 3.76. The first-order valence-electron chi connectivity index (χ1n) is 7.18. The average Bonchev–Trinajstić information content (AvgIpc) is 2.92. The van der Waals surface area contributed by atoms with Crippen LogP contribution in [-0.4, -0.2) is 35.3 Å². The minimum absolute atomic E-state index is 0.0416. The van der Waals surface area contributed by atoms with Crippen molar-refractivity contribution >= 4 is 39.8 Å². The summed E-state index contributed by atoms with van der Waals surface area (Å²) >= 11 is 2.04. The number of anilines is 1. The van der Waals surface area contributed by atoms with Gasteiger partial charge in [-0.2, -0.15) is 10.2 Å². The number of nitrogens with one attached hydrogen (secondary N) is 1. The zero-order valence-electron chi connectivity index (χ0n) is 13.0. The molecule has 124 valence electrons. The number of hydrogen-bond acceptors (Lipinski definition) is 6. The summed E-state index contributed by atoms with van der Waals surface area (Å²) < 4.78 is 3.38. The van der Waals surface area contributed by atoms with Gasteiger partial charge >= 0.3 is 0 Å². The molecule has 1 N–H and O–H groups in total. The Balaban J connectivity index is 1.96. The van der Waals surface area contributed by atoms with Gasteiger partial charge in [-0.3, -0.25) is 9.59 Å². The molecule has 3 aromatic heterocycles. The minimum Gasteiger partial charge on any atom is -0.309 e. The van der Waals surface area contributed by atoms with Gasteiger partial charge in [0, 0.05) is 18.2 Å². The second kappa shape index (κ2) is 6.63. The number of carbonyl (C=O) groups is 1. The lowest BCUT2D eigenvalue weighted by molar-refractivity contribution is -0.117. The van der Waals surface area contributed by atoms with Gasteiger partial charge in [-0.25, -0.2) is 19.2 Å². The first kappa shape index (κ1) is 16.5. The van der Waals surface area contributed by atoms with Gasteiger partial charge in [0.15, 0.2) is 5.82 Å². The first-order valence-corrected chi connectivity index (χ1v) is 8.25. The van der Waals surface area contributed by atoms with Crippen molar-refractivity contribution in [3.05, 3.63) is 44.5 Å². The lowest BCUT2D eigenvalue weighted by Gasteiger charge is -2.11. The largest absolute Gasteiger partial charge is 0.309 e. The van der Waals surface area contributed by atoms with E-state index >= 15 is 0 Å². The Hall–Kier alpha value is -2.37. The molecule has 0 spiro atoms. The standard InChI is InChI=1S/C14H14IN7O2/c1-8(2)13-20-21(14(24)9-5-10(15)19-22(9)13)6-12(23)18-11-3-4-16-7-17-11/h3-5,7-8H,6H2,1-2H3,(H,16,17,18,23). The fraction of sp³-hybridized carbons (Fsp3) is 0.286. The molecule has 3 aromatic rings. The number of rotatable bonds is 4. The number of carbonyl (C=O) groups excluding carboxylic acids is 1. The Bertz CT molecular complexity index is 949. The number of aromatic nitrogens is 6. The number of halogens is 1. The average molecular weight is 439 g/mol. The monoisotopic (exact) mass is 439 g/mol. The maximum absolute atomic E-state index is 12.5. The molecule has 0 aromatic carbocycles. The molecule has 0 bridgehead atoms. The van der Waals surface area contributed by atoms with Gasteiger partial charge in [0.25, 0.3) is 5.56 Å². The van der Waals surface area contributed by atoms with Crippen LogP contribution in [0.4, 0.5) is 5.82 Å². The fourth-order valence-corrected chi connectivity index (χ4v) is 2.68. The highest BCUT2D eigenvalue weighted by molar-refractivity contribution is 14.1. The number of fused-ring (bicyclic) bond motifs is 1. The summed E-state index contributed by atoms with van der Waals surface area (Å²) in [6.07, 6.45) is 2.85. The van der Waals surface area contributed by atoms with E-state index in [0.29, 0.717) is 20.9 Å². The predicted molar refractivity (Wildman–Crippen MR) is 94.7 cm³/mol. The summed E-state index contributed by atoms with van der Waals surface area (Å²) in [7, 11) is 0. The summed E-state index contributed by atoms with van der Waals surface area (Å²) in [6.45, 7) is 3.69. The summed E-state index contributed by atoms with van der Waals surface area (Å²) in [6, 6.07) is 3.24. The zero-order chi connectivity index (χ0) is 17.3. The smallest absolute Gasteiger partial charge is 0.293 e. The molecule has 0 aliphatic carbocycles. The van der Waals surface area contributed by atoms with Gasteiger partial charge in [-0.05, 0) is 28.7 Å². The van der Waals surface area contributed by atoms with Crippen molar-refractivity contribution in [3.8, 4) is 0 Å². The van der Waals surface area contributed by atoms with Crippen molar-refractivity contribution in [1.82, 2.24) is 29.4 Å². The summed E-state index contributed by atoms with van der Waals surface area (Å²) in [5, 5.41) is 11.2. The van der Waals surface area contributed by atoms with Crippen LogP contribution in [-0.2, 0) is 11.3 Å². The maximum Gasteiger partial charge on any atom is 0.293 e. The Labute approximate surface area is 150 Å². The van der Waals surface area contributed by atoms with Gasteiger partial charge in [-0.15, -0.1) is 0 Å². The van der Waals surface area contributed by atoms with Crippen LogP contribution in [0.15, 0.2) is 29.5 Å². The van der Waals surface area contributed by atoms with Crippen LogP contribution in [0.3, 0.4) is 0 Å². The van der Waals surface area contributed by atoms with E-state index in [1.807, 2.05) is 36.4 Å². The van der Waals surface area contributed by atoms with E-state index in [9.17, 15) is 9.59 Å². The van der Waals surface area contributed by atoms with Crippen LogP contribution < -0.4 is 10.9 Å². The molecule has 0 fully saturated rings. The Morgan fingerprint density at radius 1 is 1.38 bits per heavy atom. The van der Waals surface area contributed by atoms with E-state index in [2.05, 4.69) is 25.5 Å². The van der Waals surface area contributed by atoms with Gasteiger partial charge in [-0.1, -0.05) is 13.8 Å². The normalized spacial score (nSPS) is 11.2. The fourth-order valence-electron chi connectivity index (χ4n) is 2.17. The molecule has 0 aliphatic rings. The van der Waals surface area contributed by atoms with Gasteiger partial charge in [0.2, 0.25) is 5.91 Å². The van der Waals surface area contributed by atoms with E-state index in [0.717, 1.165) is 4.68 Å². The second-order valence-corrected chi connectivity index (χ2v) is 6.49. The number of amides is 1. The predicted octanol–water partition coefficient (Wildman–Crippen LogP) is 1.05. The Kier molecular flexibility index (Phi) is 4.55. The second-order valence-electron chi connectivity index (χ2n) is 5.38. The van der Waals surface area contributed by atoms with Crippen molar-refractivity contribution in [3.63, 3.8) is 0 Å². The zero-order valence-corrected chi connectivity index (χ0v) is 15.1. The molecule has 10 heteroatoms. The van der Waals surface area contributed by atoms with E-state index in [1.165, 1.54) is 17.0 Å². The molecule has 0 unspecified atom stereocenters. The molecule has 24 heavy (non-hydrogen) atoms. The van der Waals surface area contributed by atoms with Crippen molar-refractivity contribution in [2.45, 2.75) is 26.3 Å². The van der Waals surface area contributed by atoms with Crippen LogP contribution in [0.1, 0.15) is 25.6 Å². The van der Waals surface area contributed by atoms with Crippen LogP contribution in [0, 0.1) is 3.70 Å². The molecule has 3 heterocycles. The minimum atomic E-state index is -0.392. The molecular formula is C14H14IN7O2. The van der Waals surface area contributed by atoms with Crippen LogP contribution in [0.5, 0.6) is 0 Å². The highest BCUT2D eigenvalue weighted by Crippen LogP contribution is 2.13. The van der Waals surface area contributed by atoms with Crippen LogP contribution >= 0.6 is 22.6 Å². The van der Waals surface area contributed by atoms with Crippen molar-refractivity contribution in [2.24, 2.45) is 0 Å². The summed E-state index contributed by atoms with van der Waals surface area (Å²) in [5.41, 5.74) is 0.0283. The third-order valence-electron chi connectivity index (χ3n) is 3.23. The van der Waals surface area contributed by atoms with Gasteiger partial charge in [0.1, 0.15) is 27.9 Å². The van der Waals surface area contributed by atoms with E-state index in [-0.39, 0.29) is 18.0 Å². The molecule has 9 nitrogen and oxygen atoms in total. The number of hydrogen-bond donors (Lipinski definition) is 1. The molecule has 0 aliphatic heterocycles. The van der Waals surface area contributed by atoms with Crippen LogP contribution in [0.2, 0.25) is 0 Å². The lowest BCUT2D eigenvalue weighted by atomic mass is 10.2.